The fourth-order valence-corrected chi connectivity index (χ4v) is 4.62. The number of aryl methyl sites for hydroxylation is 1. The van der Waals surface area contributed by atoms with Gasteiger partial charge in [0.1, 0.15) is 5.82 Å². The van der Waals surface area contributed by atoms with E-state index in [9.17, 15) is 14.0 Å². The molecule has 0 aromatic heterocycles. The van der Waals surface area contributed by atoms with Crippen molar-refractivity contribution < 1.29 is 14.0 Å². The first-order valence-corrected chi connectivity index (χ1v) is 10.2. The van der Waals surface area contributed by atoms with E-state index >= 15 is 0 Å². The lowest BCUT2D eigenvalue weighted by Gasteiger charge is -2.48. The third-order valence-electron chi connectivity index (χ3n) is 6.02. The lowest BCUT2D eigenvalue weighted by atomic mass is 9.82. The van der Waals surface area contributed by atoms with Gasteiger partial charge in [0, 0.05) is 29.4 Å². The van der Waals surface area contributed by atoms with Crippen molar-refractivity contribution in [2.24, 2.45) is 0 Å². The van der Waals surface area contributed by atoms with Crippen molar-refractivity contribution in [2.75, 3.05) is 5.32 Å². The summed E-state index contributed by atoms with van der Waals surface area (Å²) in [6, 6.07) is 13.6. The maximum Gasteiger partial charge on any atom is 0.322 e. The highest BCUT2D eigenvalue weighted by Gasteiger charge is 2.41. The van der Waals surface area contributed by atoms with Crippen molar-refractivity contribution in [1.82, 2.24) is 10.2 Å². The molecule has 0 radical (unpaired) electrons. The molecule has 2 fully saturated rings. The minimum Gasteiger partial charge on any atom is -0.349 e. The van der Waals surface area contributed by atoms with Crippen LogP contribution in [-0.2, 0) is 0 Å². The monoisotopic (exact) mass is 395 g/mol. The Morgan fingerprint density at radius 2 is 1.76 bits per heavy atom. The van der Waals surface area contributed by atoms with Gasteiger partial charge in [-0.15, -0.1) is 0 Å². The molecule has 2 atom stereocenters. The Bertz CT molecular complexity index is 903. The number of benzene rings is 2. The summed E-state index contributed by atoms with van der Waals surface area (Å²) in [4.78, 5) is 27.5. The summed E-state index contributed by atoms with van der Waals surface area (Å²) in [6.07, 6.45) is 4.40. The fraction of sp³-hybridized carbons (Fsp3) is 0.391. The summed E-state index contributed by atoms with van der Waals surface area (Å²) in [5, 5.41) is 6.10. The smallest absolute Gasteiger partial charge is 0.322 e. The molecule has 2 N–H and O–H groups in total. The van der Waals surface area contributed by atoms with Crippen molar-refractivity contribution in [3.8, 4) is 0 Å². The Hall–Kier alpha value is -2.89. The highest BCUT2D eigenvalue weighted by Crippen LogP contribution is 2.35. The van der Waals surface area contributed by atoms with Crippen LogP contribution >= 0.6 is 0 Å². The van der Waals surface area contributed by atoms with Crippen molar-refractivity contribution >= 4 is 17.6 Å². The zero-order valence-corrected chi connectivity index (χ0v) is 16.5. The first-order chi connectivity index (χ1) is 14.0. The molecule has 0 saturated carbocycles. The third kappa shape index (κ3) is 4.26. The van der Waals surface area contributed by atoms with Gasteiger partial charge >= 0.3 is 6.03 Å². The van der Waals surface area contributed by atoms with Gasteiger partial charge in [-0.2, -0.15) is 0 Å². The van der Waals surface area contributed by atoms with E-state index in [2.05, 4.69) is 10.6 Å². The number of rotatable bonds is 3. The number of amides is 3. The predicted octanol–water partition coefficient (Wildman–Crippen LogP) is 4.48. The molecule has 3 amide bonds. The second kappa shape index (κ2) is 8.23. The lowest BCUT2D eigenvalue weighted by molar-refractivity contribution is 0.0576. The number of fused-ring (bicyclic) bond motifs is 2. The lowest BCUT2D eigenvalue weighted by Crippen LogP contribution is -2.59. The molecule has 2 aliphatic heterocycles. The SMILES string of the molecule is Cc1ccccc1NC(=O)N1[C@@H]2CCC[C@@H]1CC(NC(=O)c1cccc(F)c1)C2. The summed E-state index contributed by atoms with van der Waals surface area (Å²) < 4.78 is 13.4. The number of para-hydroxylation sites is 1. The molecule has 2 aromatic carbocycles. The molecule has 2 aliphatic rings. The van der Waals surface area contributed by atoms with Crippen LogP contribution in [0.1, 0.15) is 48.0 Å². The van der Waals surface area contributed by atoms with Gasteiger partial charge in [-0.1, -0.05) is 24.3 Å². The summed E-state index contributed by atoms with van der Waals surface area (Å²) >= 11 is 0. The van der Waals surface area contributed by atoms with Crippen LogP contribution in [0.5, 0.6) is 0 Å². The summed E-state index contributed by atoms with van der Waals surface area (Å²) in [6.45, 7) is 1.98. The van der Waals surface area contributed by atoms with Gasteiger partial charge < -0.3 is 15.5 Å². The molecule has 0 aliphatic carbocycles. The Kier molecular flexibility index (Phi) is 5.51. The van der Waals surface area contributed by atoms with Crippen LogP contribution in [0.3, 0.4) is 0 Å². The van der Waals surface area contributed by atoms with E-state index in [0.29, 0.717) is 5.56 Å². The maximum atomic E-state index is 13.4. The number of hydrogen-bond acceptors (Lipinski definition) is 2. The standard InChI is InChI=1S/C23H26FN3O2/c1-15-6-2-3-11-21(15)26-23(29)27-19-9-5-10-20(27)14-18(13-19)25-22(28)16-7-4-8-17(24)12-16/h2-4,6-8,11-12,18-20H,5,9-10,13-14H2,1H3,(H,25,28)(H,26,29)/t19-,20-/m1/s1. The van der Waals surface area contributed by atoms with Crippen molar-refractivity contribution in [1.29, 1.82) is 0 Å². The largest absolute Gasteiger partial charge is 0.349 e. The van der Waals surface area contributed by atoms with Gasteiger partial charge in [0.25, 0.3) is 5.91 Å². The Balaban J connectivity index is 1.43. The van der Waals surface area contributed by atoms with Gasteiger partial charge in [0.2, 0.25) is 0 Å². The van der Waals surface area contributed by atoms with Crippen LogP contribution < -0.4 is 10.6 Å². The highest BCUT2D eigenvalue weighted by atomic mass is 19.1. The number of anilines is 1. The Morgan fingerprint density at radius 3 is 2.45 bits per heavy atom. The quantitative estimate of drug-likeness (QED) is 0.805. The molecule has 4 rings (SSSR count). The van der Waals surface area contributed by atoms with E-state index in [1.165, 1.54) is 18.2 Å². The van der Waals surface area contributed by atoms with E-state index in [1.807, 2.05) is 36.1 Å². The molecule has 29 heavy (non-hydrogen) atoms. The zero-order valence-electron chi connectivity index (χ0n) is 16.5. The average Bonchev–Trinajstić information content (AvgIpc) is 2.69. The molecular formula is C23H26FN3O2. The maximum absolute atomic E-state index is 13.4. The van der Waals surface area contributed by atoms with E-state index in [1.54, 1.807) is 6.07 Å². The number of carbonyl (C=O) groups is 2. The van der Waals surface area contributed by atoms with Gasteiger partial charge in [-0.3, -0.25) is 4.79 Å². The van der Waals surface area contributed by atoms with Crippen LogP contribution in [0.4, 0.5) is 14.9 Å². The molecule has 5 nitrogen and oxygen atoms in total. The molecular weight excluding hydrogens is 369 g/mol. The minimum atomic E-state index is -0.419. The number of hydrogen-bond donors (Lipinski definition) is 2. The molecule has 2 heterocycles. The average molecular weight is 395 g/mol. The highest BCUT2D eigenvalue weighted by molar-refractivity contribution is 5.94. The number of piperidine rings is 2. The molecule has 2 saturated heterocycles. The minimum absolute atomic E-state index is 0.0106. The predicted molar refractivity (Wildman–Crippen MR) is 110 cm³/mol. The molecule has 0 unspecified atom stereocenters. The number of carbonyl (C=O) groups excluding carboxylic acids is 2. The summed E-state index contributed by atoms with van der Waals surface area (Å²) in [5.41, 5.74) is 2.19. The van der Waals surface area contributed by atoms with E-state index in [0.717, 1.165) is 43.4 Å². The molecule has 2 bridgehead atoms. The Labute approximate surface area is 170 Å². The molecule has 152 valence electrons. The van der Waals surface area contributed by atoms with Crippen LogP contribution in [0, 0.1) is 12.7 Å². The van der Waals surface area contributed by atoms with Gasteiger partial charge in [-0.05, 0) is 68.9 Å². The van der Waals surface area contributed by atoms with Gasteiger partial charge in [0.15, 0.2) is 0 Å². The van der Waals surface area contributed by atoms with Crippen LogP contribution in [0.25, 0.3) is 0 Å². The van der Waals surface area contributed by atoms with Gasteiger partial charge in [-0.25, -0.2) is 9.18 Å². The third-order valence-corrected chi connectivity index (χ3v) is 6.02. The molecule has 6 heteroatoms. The number of halogens is 1. The zero-order chi connectivity index (χ0) is 20.4. The van der Waals surface area contributed by atoms with Crippen molar-refractivity contribution in [3.05, 3.63) is 65.5 Å². The number of urea groups is 1. The summed E-state index contributed by atoms with van der Waals surface area (Å²) in [5.74, 6) is -0.678. The number of nitrogens with one attached hydrogen (secondary N) is 2. The van der Waals surface area contributed by atoms with Crippen LogP contribution in [-0.4, -0.2) is 35.0 Å². The van der Waals surface area contributed by atoms with Crippen molar-refractivity contribution in [2.45, 2.75) is 57.2 Å². The molecule has 0 spiro atoms. The van der Waals surface area contributed by atoms with E-state index in [-0.39, 0.29) is 30.1 Å². The van der Waals surface area contributed by atoms with Crippen LogP contribution in [0.2, 0.25) is 0 Å². The van der Waals surface area contributed by atoms with Gasteiger partial charge in [0.05, 0.1) is 0 Å². The first-order valence-electron chi connectivity index (χ1n) is 10.2. The normalized spacial score (nSPS) is 23.4. The molecule has 2 aromatic rings. The van der Waals surface area contributed by atoms with Crippen molar-refractivity contribution in [3.63, 3.8) is 0 Å². The first kappa shape index (κ1) is 19.4. The topological polar surface area (TPSA) is 61.4 Å². The van der Waals surface area contributed by atoms with E-state index < -0.39 is 5.82 Å². The Morgan fingerprint density at radius 1 is 1.03 bits per heavy atom. The summed E-state index contributed by atoms with van der Waals surface area (Å²) in [7, 11) is 0. The fourth-order valence-electron chi connectivity index (χ4n) is 4.62. The second-order valence-corrected chi connectivity index (χ2v) is 8.04. The second-order valence-electron chi connectivity index (χ2n) is 8.04. The van der Waals surface area contributed by atoms with Crippen LogP contribution in [0.15, 0.2) is 48.5 Å². The number of nitrogens with zero attached hydrogens (tertiary/aromatic N) is 1. The van der Waals surface area contributed by atoms with E-state index in [4.69, 9.17) is 0 Å².